The fraction of sp³-hybridized carbons (Fsp3) is 0.125. The minimum atomic E-state index is -0.567. The van der Waals surface area contributed by atoms with Gasteiger partial charge in [-0.25, -0.2) is 4.39 Å². The number of halogens is 1. The number of benzene rings is 2. The fourth-order valence-electron chi connectivity index (χ4n) is 1.79. The van der Waals surface area contributed by atoms with Crippen LogP contribution >= 0.6 is 0 Å². The van der Waals surface area contributed by atoms with Crippen LogP contribution in [0.1, 0.15) is 17.3 Å². The molecule has 0 atom stereocenters. The third-order valence-electron chi connectivity index (χ3n) is 3.10. The van der Waals surface area contributed by atoms with Crippen LogP contribution in [0.25, 0.3) is 0 Å². The highest BCUT2D eigenvalue weighted by molar-refractivity contribution is 6.04. The molecule has 0 heterocycles. The summed E-state index contributed by atoms with van der Waals surface area (Å²) in [4.78, 5) is 24.7. The molecule has 108 valence electrons. The molecule has 0 aliphatic rings. The maximum absolute atomic E-state index is 13.5. The molecule has 0 radical (unpaired) electrons. The predicted molar refractivity (Wildman–Crippen MR) is 79.9 cm³/mol. The topological polar surface area (TPSA) is 49.4 Å². The number of carbonyl (C=O) groups is 2. The summed E-state index contributed by atoms with van der Waals surface area (Å²) in [6, 6.07) is 12.5. The van der Waals surface area contributed by atoms with E-state index in [0.717, 1.165) is 0 Å². The molecule has 2 aromatic rings. The molecule has 0 saturated carbocycles. The molecule has 4 nitrogen and oxygen atoms in total. The Morgan fingerprint density at radius 3 is 2.24 bits per heavy atom. The third kappa shape index (κ3) is 3.45. The van der Waals surface area contributed by atoms with Gasteiger partial charge in [-0.05, 0) is 36.4 Å². The second kappa shape index (κ2) is 6.17. The van der Waals surface area contributed by atoms with E-state index in [9.17, 15) is 14.0 Å². The molecule has 0 aromatic heterocycles. The van der Waals surface area contributed by atoms with Gasteiger partial charge < -0.3 is 10.2 Å². The molecule has 5 heteroatoms. The van der Waals surface area contributed by atoms with Crippen molar-refractivity contribution in [2.45, 2.75) is 6.92 Å². The summed E-state index contributed by atoms with van der Waals surface area (Å²) < 4.78 is 13.5. The first-order valence-electron chi connectivity index (χ1n) is 6.39. The average molecular weight is 286 g/mol. The molecular formula is C16H15FN2O2. The zero-order valence-corrected chi connectivity index (χ0v) is 11.8. The van der Waals surface area contributed by atoms with Gasteiger partial charge in [0.1, 0.15) is 5.82 Å². The lowest BCUT2D eigenvalue weighted by molar-refractivity contribution is -0.116. The number of hydrogen-bond donors (Lipinski definition) is 1. The summed E-state index contributed by atoms with van der Waals surface area (Å²) in [7, 11) is 1.66. The molecule has 21 heavy (non-hydrogen) atoms. The summed E-state index contributed by atoms with van der Waals surface area (Å²) in [5.41, 5.74) is 1.23. The highest BCUT2D eigenvalue weighted by atomic mass is 19.1. The lowest BCUT2D eigenvalue weighted by atomic mass is 10.2. The van der Waals surface area contributed by atoms with Crippen LogP contribution in [0.5, 0.6) is 0 Å². The van der Waals surface area contributed by atoms with Crippen LogP contribution in [0.2, 0.25) is 0 Å². The Balaban J connectivity index is 2.12. The van der Waals surface area contributed by atoms with Crippen molar-refractivity contribution in [3.63, 3.8) is 0 Å². The van der Waals surface area contributed by atoms with Gasteiger partial charge in [0, 0.05) is 25.3 Å². The summed E-state index contributed by atoms with van der Waals surface area (Å²) >= 11 is 0. The average Bonchev–Trinajstić information content (AvgIpc) is 2.47. The lowest BCUT2D eigenvalue weighted by Gasteiger charge is -2.15. The molecule has 0 fully saturated rings. The number of nitrogens with one attached hydrogen (secondary N) is 1. The quantitative estimate of drug-likeness (QED) is 0.942. The normalized spacial score (nSPS) is 10.0. The van der Waals surface area contributed by atoms with E-state index in [1.165, 1.54) is 30.0 Å². The monoisotopic (exact) mass is 286 g/mol. The molecule has 0 spiro atoms. The third-order valence-corrected chi connectivity index (χ3v) is 3.10. The van der Waals surface area contributed by atoms with Crippen molar-refractivity contribution in [2.24, 2.45) is 0 Å². The molecule has 1 N–H and O–H groups in total. The molecule has 0 saturated heterocycles. The number of amides is 2. The molecule has 2 aromatic carbocycles. The molecule has 0 bridgehead atoms. The minimum absolute atomic E-state index is 0.0116. The molecule has 0 unspecified atom stereocenters. The summed E-state index contributed by atoms with van der Waals surface area (Å²) in [5, 5.41) is 2.61. The van der Waals surface area contributed by atoms with Crippen LogP contribution in [-0.2, 0) is 4.79 Å². The molecule has 0 aliphatic carbocycles. The number of nitrogens with zero attached hydrogens (tertiary/aromatic N) is 1. The smallest absolute Gasteiger partial charge is 0.258 e. The van der Waals surface area contributed by atoms with Gasteiger partial charge in [-0.3, -0.25) is 9.59 Å². The molecule has 0 aliphatic heterocycles. The van der Waals surface area contributed by atoms with Crippen LogP contribution in [-0.4, -0.2) is 18.9 Å². The summed E-state index contributed by atoms with van der Waals surface area (Å²) in [6.45, 7) is 1.47. The van der Waals surface area contributed by atoms with E-state index in [4.69, 9.17) is 0 Å². The van der Waals surface area contributed by atoms with Crippen LogP contribution in [0.4, 0.5) is 15.8 Å². The Labute approximate surface area is 122 Å². The summed E-state index contributed by atoms with van der Waals surface area (Å²) in [6.07, 6.45) is 0. The minimum Gasteiger partial charge on any atom is -0.322 e. The van der Waals surface area contributed by atoms with Crippen LogP contribution in [0, 0.1) is 5.82 Å². The zero-order valence-electron chi connectivity index (χ0n) is 11.8. The fourth-order valence-corrected chi connectivity index (χ4v) is 1.79. The van der Waals surface area contributed by atoms with E-state index in [2.05, 4.69) is 5.32 Å². The molecule has 2 rings (SSSR count). The van der Waals surface area contributed by atoms with Crippen molar-refractivity contribution < 1.29 is 14.0 Å². The maximum Gasteiger partial charge on any atom is 0.258 e. The van der Waals surface area contributed by atoms with Gasteiger partial charge >= 0.3 is 0 Å². The highest BCUT2D eigenvalue weighted by Crippen LogP contribution is 2.18. The highest BCUT2D eigenvalue weighted by Gasteiger charge is 2.11. The molecule has 2 amide bonds. The lowest BCUT2D eigenvalue weighted by Crippen LogP contribution is -2.22. The number of rotatable bonds is 3. The van der Waals surface area contributed by atoms with Crippen LogP contribution in [0.15, 0.2) is 48.5 Å². The van der Waals surface area contributed by atoms with E-state index >= 15 is 0 Å². The second-order valence-corrected chi connectivity index (χ2v) is 4.56. The van der Waals surface area contributed by atoms with Gasteiger partial charge in [-0.2, -0.15) is 0 Å². The van der Waals surface area contributed by atoms with Gasteiger partial charge in [0.25, 0.3) is 5.91 Å². The second-order valence-electron chi connectivity index (χ2n) is 4.56. The van der Waals surface area contributed by atoms with Crippen LogP contribution < -0.4 is 10.2 Å². The predicted octanol–water partition coefficient (Wildman–Crippen LogP) is 3.06. The Morgan fingerprint density at radius 2 is 1.67 bits per heavy atom. The van der Waals surface area contributed by atoms with Gasteiger partial charge in [0.05, 0.1) is 5.56 Å². The number of hydrogen-bond acceptors (Lipinski definition) is 2. The van der Waals surface area contributed by atoms with Crippen LogP contribution in [0.3, 0.4) is 0 Å². The Morgan fingerprint density at radius 1 is 1.05 bits per heavy atom. The van der Waals surface area contributed by atoms with Crippen molar-refractivity contribution in [2.75, 3.05) is 17.3 Å². The first kappa shape index (κ1) is 14.7. The first-order chi connectivity index (χ1) is 9.99. The first-order valence-corrected chi connectivity index (χ1v) is 6.39. The molecular weight excluding hydrogens is 271 g/mol. The number of carbonyl (C=O) groups excluding carboxylic acids is 2. The number of anilines is 2. The Bertz CT molecular complexity index is 668. The maximum atomic E-state index is 13.5. The standard InChI is InChI=1S/C16H15FN2O2/c1-11(20)19(2)13-9-7-12(8-10-13)18-16(21)14-5-3-4-6-15(14)17/h3-10H,1-2H3,(H,18,21). The summed E-state index contributed by atoms with van der Waals surface area (Å²) in [5.74, 6) is -1.16. The van der Waals surface area contributed by atoms with Crippen molar-refractivity contribution in [1.82, 2.24) is 0 Å². The van der Waals surface area contributed by atoms with Crippen molar-refractivity contribution in [3.8, 4) is 0 Å². The van der Waals surface area contributed by atoms with E-state index < -0.39 is 11.7 Å². The van der Waals surface area contributed by atoms with E-state index in [1.807, 2.05) is 0 Å². The Hall–Kier alpha value is -2.69. The van der Waals surface area contributed by atoms with E-state index in [0.29, 0.717) is 11.4 Å². The van der Waals surface area contributed by atoms with E-state index in [-0.39, 0.29) is 11.5 Å². The van der Waals surface area contributed by atoms with Gasteiger partial charge in [0.15, 0.2) is 0 Å². The van der Waals surface area contributed by atoms with Crippen molar-refractivity contribution in [3.05, 3.63) is 59.9 Å². The van der Waals surface area contributed by atoms with E-state index in [1.54, 1.807) is 37.4 Å². The SMILES string of the molecule is CC(=O)N(C)c1ccc(NC(=O)c2ccccc2F)cc1. The zero-order chi connectivity index (χ0) is 15.4. The van der Waals surface area contributed by atoms with Crippen molar-refractivity contribution in [1.29, 1.82) is 0 Å². The van der Waals surface area contributed by atoms with Gasteiger partial charge in [0.2, 0.25) is 5.91 Å². The van der Waals surface area contributed by atoms with Gasteiger partial charge in [-0.1, -0.05) is 12.1 Å². The Kier molecular flexibility index (Phi) is 4.33. The van der Waals surface area contributed by atoms with Gasteiger partial charge in [-0.15, -0.1) is 0 Å². The van der Waals surface area contributed by atoms with Crippen molar-refractivity contribution >= 4 is 23.2 Å². The largest absolute Gasteiger partial charge is 0.322 e.